The second kappa shape index (κ2) is 6.66. The van der Waals surface area contributed by atoms with Crippen LogP contribution in [0.2, 0.25) is 0 Å². The number of nitrogens with zero attached hydrogens (tertiary/aromatic N) is 4. The van der Waals surface area contributed by atoms with Crippen molar-refractivity contribution in [3.63, 3.8) is 0 Å². The number of hydrogen-bond donors (Lipinski definition) is 2. The summed E-state index contributed by atoms with van der Waals surface area (Å²) in [6.07, 6.45) is 0.517. The lowest BCUT2D eigenvalue weighted by molar-refractivity contribution is -0.138. The van der Waals surface area contributed by atoms with Crippen molar-refractivity contribution in [1.29, 1.82) is 0 Å². The fourth-order valence-corrected chi connectivity index (χ4v) is 2.50. The summed E-state index contributed by atoms with van der Waals surface area (Å²) in [4.78, 5) is 11.4. The molecule has 3 aromatic rings. The first kappa shape index (κ1) is 15.9. The third kappa shape index (κ3) is 3.34. The number of aromatic nitrogens is 4. The van der Waals surface area contributed by atoms with E-state index in [9.17, 15) is 9.90 Å². The van der Waals surface area contributed by atoms with Crippen LogP contribution in [0.1, 0.15) is 20.3 Å². The van der Waals surface area contributed by atoms with E-state index < -0.39 is 12.0 Å². The van der Waals surface area contributed by atoms with E-state index >= 15 is 0 Å². The van der Waals surface area contributed by atoms with Crippen molar-refractivity contribution in [2.24, 2.45) is 5.92 Å². The molecule has 0 radical (unpaired) electrons. The molecule has 0 saturated carbocycles. The van der Waals surface area contributed by atoms with Gasteiger partial charge in [0, 0.05) is 5.56 Å². The second-order valence-electron chi connectivity index (χ2n) is 6.04. The number of hydrogen-bond acceptors (Lipinski definition) is 5. The highest BCUT2D eigenvalue weighted by Crippen LogP contribution is 2.18. The van der Waals surface area contributed by atoms with E-state index in [0.29, 0.717) is 23.7 Å². The summed E-state index contributed by atoms with van der Waals surface area (Å²) in [5.41, 5.74) is 1.50. The third-order valence-corrected chi connectivity index (χ3v) is 3.62. The van der Waals surface area contributed by atoms with Gasteiger partial charge >= 0.3 is 5.97 Å². The molecule has 0 bridgehead atoms. The summed E-state index contributed by atoms with van der Waals surface area (Å²) < 4.78 is 1.62. The molecule has 3 rings (SSSR count). The Kier molecular flexibility index (Phi) is 4.41. The number of rotatable bonds is 6. The number of anilines is 1. The van der Waals surface area contributed by atoms with Gasteiger partial charge in [-0.3, -0.25) is 0 Å². The van der Waals surface area contributed by atoms with Gasteiger partial charge in [-0.15, -0.1) is 15.3 Å². The Labute approximate surface area is 139 Å². The molecule has 7 heteroatoms. The van der Waals surface area contributed by atoms with Crippen LogP contribution in [0.4, 0.5) is 5.82 Å². The number of carbonyl (C=O) groups is 1. The summed E-state index contributed by atoms with van der Waals surface area (Å²) in [5.74, 6) is 0.465. The number of nitrogens with one attached hydrogen (secondary N) is 1. The molecule has 2 N–H and O–H groups in total. The van der Waals surface area contributed by atoms with Crippen LogP contribution < -0.4 is 5.32 Å². The highest BCUT2D eigenvalue weighted by molar-refractivity contribution is 5.76. The first-order chi connectivity index (χ1) is 11.5. The van der Waals surface area contributed by atoms with Gasteiger partial charge in [0.15, 0.2) is 11.5 Å². The lowest BCUT2D eigenvalue weighted by atomic mass is 10.0. The normalized spacial score (nSPS) is 12.5. The van der Waals surface area contributed by atoms with Crippen molar-refractivity contribution in [2.75, 3.05) is 5.32 Å². The molecule has 0 aliphatic rings. The average molecular weight is 325 g/mol. The first-order valence-corrected chi connectivity index (χ1v) is 7.82. The van der Waals surface area contributed by atoms with E-state index in [-0.39, 0.29) is 5.92 Å². The number of carboxylic acid groups (broad SMARTS) is 1. The lowest BCUT2D eigenvalue weighted by Crippen LogP contribution is -2.31. The zero-order chi connectivity index (χ0) is 17.1. The Balaban J connectivity index is 1.94. The first-order valence-electron chi connectivity index (χ1n) is 7.82. The van der Waals surface area contributed by atoms with Crippen molar-refractivity contribution in [1.82, 2.24) is 19.8 Å². The minimum atomic E-state index is -0.891. The van der Waals surface area contributed by atoms with Crippen molar-refractivity contribution < 1.29 is 9.90 Å². The molecule has 0 aliphatic carbocycles. The molecule has 0 aliphatic heterocycles. The number of fused-ring (bicyclic) bond motifs is 1. The van der Waals surface area contributed by atoms with Crippen LogP contribution in [0, 0.1) is 5.92 Å². The van der Waals surface area contributed by atoms with Crippen molar-refractivity contribution in [2.45, 2.75) is 26.3 Å². The molecule has 0 amide bonds. The van der Waals surface area contributed by atoms with E-state index in [0.717, 1.165) is 5.56 Å². The Morgan fingerprint density at radius 2 is 1.92 bits per heavy atom. The van der Waals surface area contributed by atoms with Gasteiger partial charge in [0.25, 0.3) is 0 Å². The zero-order valence-corrected chi connectivity index (χ0v) is 13.5. The van der Waals surface area contributed by atoms with Gasteiger partial charge in [0.2, 0.25) is 0 Å². The van der Waals surface area contributed by atoms with E-state index in [4.69, 9.17) is 0 Å². The molecule has 7 nitrogen and oxygen atoms in total. The fraction of sp³-hybridized carbons (Fsp3) is 0.294. The maximum absolute atomic E-state index is 11.4. The Morgan fingerprint density at radius 3 is 2.58 bits per heavy atom. The second-order valence-corrected chi connectivity index (χ2v) is 6.04. The van der Waals surface area contributed by atoms with E-state index in [1.165, 1.54) is 0 Å². The number of carboxylic acids is 1. The molecule has 0 fully saturated rings. The Bertz CT molecular complexity index is 845. The molecular weight excluding hydrogens is 306 g/mol. The summed E-state index contributed by atoms with van der Waals surface area (Å²) in [7, 11) is 0. The van der Waals surface area contributed by atoms with Crippen LogP contribution in [0.25, 0.3) is 17.0 Å². The van der Waals surface area contributed by atoms with Crippen molar-refractivity contribution in [3.05, 3.63) is 42.5 Å². The predicted molar refractivity (Wildman–Crippen MR) is 90.7 cm³/mol. The largest absolute Gasteiger partial charge is 0.480 e. The molecular formula is C17H19N5O2. The fourth-order valence-electron chi connectivity index (χ4n) is 2.50. The van der Waals surface area contributed by atoms with Gasteiger partial charge in [-0.2, -0.15) is 4.52 Å². The van der Waals surface area contributed by atoms with E-state index in [2.05, 4.69) is 20.6 Å². The van der Waals surface area contributed by atoms with Crippen LogP contribution in [0.15, 0.2) is 42.5 Å². The number of benzene rings is 1. The smallest absolute Gasteiger partial charge is 0.326 e. The predicted octanol–water partition coefficient (Wildman–Crippen LogP) is 2.70. The monoisotopic (exact) mass is 325 g/mol. The Morgan fingerprint density at radius 1 is 1.17 bits per heavy atom. The summed E-state index contributed by atoms with van der Waals surface area (Å²) in [6.45, 7) is 3.98. The molecule has 24 heavy (non-hydrogen) atoms. The molecule has 2 heterocycles. The molecule has 0 spiro atoms. The van der Waals surface area contributed by atoms with Crippen LogP contribution >= 0.6 is 0 Å². The molecule has 2 aromatic heterocycles. The van der Waals surface area contributed by atoms with Crippen LogP contribution in [0.3, 0.4) is 0 Å². The molecule has 1 atom stereocenters. The zero-order valence-electron chi connectivity index (χ0n) is 13.5. The molecule has 0 unspecified atom stereocenters. The average Bonchev–Trinajstić information content (AvgIpc) is 2.97. The van der Waals surface area contributed by atoms with Crippen molar-refractivity contribution >= 4 is 17.4 Å². The van der Waals surface area contributed by atoms with Crippen LogP contribution in [0.5, 0.6) is 0 Å². The quantitative estimate of drug-likeness (QED) is 0.724. The topological polar surface area (TPSA) is 92.4 Å². The maximum Gasteiger partial charge on any atom is 0.326 e. The van der Waals surface area contributed by atoms with E-state index in [1.54, 1.807) is 16.6 Å². The maximum atomic E-state index is 11.4. The SMILES string of the molecule is CC(C)C[C@@H](Nc1ccc2nnc(-c3ccccc3)n2n1)C(=O)O. The minimum absolute atomic E-state index is 0.261. The minimum Gasteiger partial charge on any atom is -0.480 e. The van der Waals surface area contributed by atoms with Gasteiger partial charge < -0.3 is 10.4 Å². The standard InChI is InChI=1S/C17H19N5O2/c1-11(2)10-13(17(23)24)18-14-8-9-15-19-20-16(22(15)21-14)12-6-4-3-5-7-12/h3-9,11,13H,10H2,1-2H3,(H,18,21)(H,23,24)/t13-/m1/s1. The summed E-state index contributed by atoms with van der Waals surface area (Å²) in [5, 5.41) is 25.1. The summed E-state index contributed by atoms with van der Waals surface area (Å²) >= 11 is 0. The number of aliphatic carboxylic acids is 1. The highest BCUT2D eigenvalue weighted by Gasteiger charge is 2.19. The van der Waals surface area contributed by atoms with Crippen LogP contribution in [-0.2, 0) is 4.79 Å². The van der Waals surface area contributed by atoms with Crippen LogP contribution in [-0.4, -0.2) is 36.9 Å². The molecule has 0 saturated heterocycles. The Hall–Kier alpha value is -2.96. The highest BCUT2D eigenvalue weighted by atomic mass is 16.4. The van der Waals surface area contributed by atoms with Gasteiger partial charge in [0.1, 0.15) is 11.9 Å². The third-order valence-electron chi connectivity index (χ3n) is 3.62. The van der Waals surface area contributed by atoms with Gasteiger partial charge in [0.05, 0.1) is 0 Å². The van der Waals surface area contributed by atoms with Gasteiger partial charge in [-0.05, 0) is 24.5 Å². The van der Waals surface area contributed by atoms with Crippen molar-refractivity contribution in [3.8, 4) is 11.4 Å². The molecule has 1 aromatic carbocycles. The lowest BCUT2D eigenvalue weighted by Gasteiger charge is -2.16. The van der Waals surface area contributed by atoms with Gasteiger partial charge in [-0.1, -0.05) is 44.2 Å². The van der Waals surface area contributed by atoms with E-state index in [1.807, 2.05) is 44.2 Å². The molecule has 124 valence electrons. The summed E-state index contributed by atoms with van der Waals surface area (Å²) in [6, 6.07) is 12.4. The van der Waals surface area contributed by atoms with Gasteiger partial charge in [-0.25, -0.2) is 4.79 Å².